The molecule has 0 fully saturated rings. The van der Waals surface area contributed by atoms with E-state index in [1.54, 1.807) is 0 Å². The Bertz CT molecular complexity index is 626. The van der Waals surface area contributed by atoms with Crippen molar-refractivity contribution in [2.24, 2.45) is 0 Å². The van der Waals surface area contributed by atoms with Gasteiger partial charge in [-0.2, -0.15) is 0 Å². The van der Waals surface area contributed by atoms with Gasteiger partial charge in [-0.3, -0.25) is 4.79 Å². The van der Waals surface area contributed by atoms with Gasteiger partial charge in [0.1, 0.15) is 5.15 Å². The lowest BCUT2D eigenvalue weighted by molar-refractivity contribution is 0.102. The van der Waals surface area contributed by atoms with Crippen LogP contribution in [0.5, 0.6) is 0 Å². The highest BCUT2D eigenvalue weighted by molar-refractivity contribution is 6.33. The molecular weight excluding hydrogens is 276 g/mol. The second-order valence-corrected chi connectivity index (χ2v) is 4.86. The molecule has 104 valence electrons. The fourth-order valence-electron chi connectivity index (χ4n) is 1.66. The van der Waals surface area contributed by atoms with Crippen LogP contribution in [0.3, 0.4) is 0 Å². The fraction of sp³-hybridized carbons (Fsp3) is 0.143. The number of hydrogen-bond acceptors (Lipinski definition) is 4. The van der Waals surface area contributed by atoms with Crippen molar-refractivity contribution in [2.45, 2.75) is 0 Å². The summed E-state index contributed by atoms with van der Waals surface area (Å²) in [5, 5.41) is 2.88. The van der Waals surface area contributed by atoms with Crippen LogP contribution in [0.15, 0.2) is 36.5 Å². The van der Waals surface area contributed by atoms with Crippen molar-refractivity contribution in [3.8, 4) is 0 Å². The number of hydrogen-bond donors (Lipinski definition) is 2. The molecule has 0 aliphatic rings. The van der Waals surface area contributed by atoms with E-state index in [0.29, 0.717) is 11.4 Å². The monoisotopic (exact) mass is 290 g/mol. The van der Waals surface area contributed by atoms with Gasteiger partial charge in [-0.25, -0.2) is 4.98 Å². The number of amides is 1. The molecule has 3 N–H and O–H groups in total. The van der Waals surface area contributed by atoms with Crippen molar-refractivity contribution < 1.29 is 4.79 Å². The summed E-state index contributed by atoms with van der Waals surface area (Å²) in [5.41, 5.74) is 7.98. The first-order valence-corrected chi connectivity index (χ1v) is 6.35. The molecule has 2 aromatic rings. The lowest BCUT2D eigenvalue weighted by Crippen LogP contribution is -2.14. The molecule has 20 heavy (non-hydrogen) atoms. The van der Waals surface area contributed by atoms with Crippen LogP contribution in [0, 0.1) is 0 Å². The highest BCUT2D eigenvalue weighted by atomic mass is 35.5. The van der Waals surface area contributed by atoms with Crippen molar-refractivity contribution in [2.75, 3.05) is 30.0 Å². The van der Waals surface area contributed by atoms with E-state index >= 15 is 0 Å². The fourth-order valence-corrected chi connectivity index (χ4v) is 1.85. The van der Waals surface area contributed by atoms with E-state index in [1.165, 1.54) is 12.3 Å². The van der Waals surface area contributed by atoms with Crippen molar-refractivity contribution in [1.82, 2.24) is 4.98 Å². The number of nitrogen functional groups attached to an aromatic ring is 1. The van der Waals surface area contributed by atoms with E-state index in [1.807, 2.05) is 43.3 Å². The van der Waals surface area contributed by atoms with E-state index < -0.39 is 0 Å². The summed E-state index contributed by atoms with van der Waals surface area (Å²) >= 11 is 5.89. The molecule has 2 rings (SSSR count). The number of nitrogens with zero attached hydrogens (tertiary/aromatic N) is 2. The normalized spacial score (nSPS) is 10.2. The third kappa shape index (κ3) is 3.19. The summed E-state index contributed by atoms with van der Waals surface area (Å²) in [7, 11) is 3.90. The number of rotatable bonds is 3. The molecule has 0 aliphatic heterocycles. The first kappa shape index (κ1) is 14.1. The van der Waals surface area contributed by atoms with Gasteiger partial charge in [0.2, 0.25) is 0 Å². The van der Waals surface area contributed by atoms with Crippen molar-refractivity contribution >= 4 is 34.6 Å². The van der Waals surface area contributed by atoms with Gasteiger partial charge in [-0.05, 0) is 30.3 Å². The van der Waals surface area contributed by atoms with Gasteiger partial charge in [0.15, 0.2) is 0 Å². The maximum Gasteiger partial charge on any atom is 0.258 e. The molecule has 0 unspecified atom stereocenters. The van der Waals surface area contributed by atoms with Gasteiger partial charge in [0.25, 0.3) is 5.91 Å². The number of aromatic nitrogens is 1. The van der Waals surface area contributed by atoms with E-state index in [4.69, 9.17) is 17.3 Å². The largest absolute Gasteiger partial charge is 0.397 e. The molecule has 1 amide bonds. The Morgan fingerprint density at radius 3 is 2.55 bits per heavy atom. The first-order chi connectivity index (χ1) is 9.47. The van der Waals surface area contributed by atoms with Crippen LogP contribution >= 0.6 is 11.6 Å². The van der Waals surface area contributed by atoms with Gasteiger partial charge < -0.3 is 16.0 Å². The zero-order valence-corrected chi connectivity index (χ0v) is 12.0. The van der Waals surface area contributed by atoms with Crippen molar-refractivity contribution in [3.05, 3.63) is 47.2 Å². The minimum atomic E-state index is -0.340. The van der Waals surface area contributed by atoms with Gasteiger partial charge in [0.05, 0.1) is 17.4 Å². The zero-order valence-electron chi connectivity index (χ0n) is 11.2. The minimum Gasteiger partial charge on any atom is -0.397 e. The van der Waals surface area contributed by atoms with Gasteiger partial charge in [-0.1, -0.05) is 11.6 Å². The van der Waals surface area contributed by atoms with Crippen LogP contribution in [0.2, 0.25) is 5.15 Å². The molecule has 0 aliphatic carbocycles. The molecule has 0 atom stereocenters. The van der Waals surface area contributed by atoms with Crippen LogP contribution in [-0.2, 0) is 0 Å². The molecule has 1 heterocycles. The number of carbonyl (C=O) groups excluding carboxylic acids is 1. The average Bonchev–Trinajstić information content (AvgIpc) is 2.42. The van der Waals surface area contributed by atoms with Gasteiger partial charge in [0, 0.05) is 25.5 Å². The second kappa shape index (κ2) is 5.79. The maximum absolute atomic E-state index is 12.1. The minimum absolute atomic E-state index is 0.126. The molecule has 0 bridgehead atoms. The molecule has 1 aromatic heterocycles. The summed E-state index contributed by atoms with van der Waals surface area (Å²) in [6.45, 7) is 0. The number of nitrogens with one attached hydrogen (secondary N) is 1. The number of pyridine rings is 1. The number of anilines is 3. The number of benzene rings is 1. The topological polar surface area (TPSA) is 71.2 Å². The number of halogens is 1. The molecule has 1 aromatic carbocycles. The van der Waals surface area contributed by atoms with Crippen LogP contribution in [0.4, 0.5) is 17.1 Å². The standard InChI is InChI=1S/C14H15ClN4O/c1-19(2)11-5-3-10(4-6-11)18-14(20)12-7-9(16)8-17-13(12)15/h3-8H,16H2,1-2H3,(H,18,20). The molecule has 0 saturated carbocycles. The lowest BCUT2D eigenvalue weighted by Gasteiger charge is -2.13. The highest BCUT2D eigenvalue weighted by Crippen LogP contribution is 2.19. The summed E-state index contributed by atoms with van der Waals surface area (Å²) in [4.78, 5) is 17.9. The van der Waals surface area contributed by atoms with Gasteiger partial charge in [-0.15, -0.1) is 0 Å². The predicted octanol–water partition coefficient (Wildman–Crippen LogP) is 2.64. The summed E-state index contributed by atoms with van der Waals surface area (Å²) in [6.07, 6.45) is 1.41. The molecule has 0 radical (unpaired) electrons. The Labute approximate surface area is 122 Å². The molecule has 0 saturated heterocycles. The van der Waals surface area contributed by atoms with Crippen LogP contribution in [-0.4, -0.2) is 25.0 Å². The first-order valence-electron chi connectivity index (χ1n) is 5.97. The lowest BCUT2D eigenvalue weighted by atomic mass is 10.2. The Morgan fingerprint density at radius 1 is 1.30 bits per heavy atom. The maximum atomic E-state index is 12.1. The average molecular weight is 291 g/mol. The third-order valence-corrected chi connectivity index (χ3v) is 3.05. The SMILES string of the molecule is CN(C)c1ccc(NC(=O)c2cc(N)cnc2Cl)cc1. The summed E-state index contributed by atoms with van der Waals surface area (Å²) < 4.78 is 0. The van der Waals surface area contributed by atoms with Crippen LogP contribution < -0.4 is 16.0 Å². The van der Waals surface area contributed by atoms with E-state index in [-0.39, 0.29) is 16.6 Å². The molecular formula is C14H15ClN4O. The Hall–Kier alpha value is -2.27. The Balaban J connectivity index is 2.17. The van der Waals surface area contributed by atoms with Crippen LogP contribution in [0.1, 0.15) is 10.4 Å². The molecule has 0 spiro atoms. The van der Waals surface area contributed by atoms with E-state index in [9.17, 15) is 4.79 Å². The molecule has 6 heteroatoms. The Morgan fingerprint density at radius 2 is 1.95 bits per heavy atom. The van der Waals surface area contributed by atoms with E-state index in [2.05, 4.69) is 10.3 Å². The second-order valence-electron chi connectivity index (χ2n) is 4.50. The smallest absolute Gasteiger partial charge is 0.258 e. The zero-order chi connectivity index (χ0) is 14.7. The summed E-state index contributed by atoms with van der Waals surface area (Å²) in [5.74, 6) is -0.340. The van der Waals surface area contributed by atoms with Crippen LogP contribution in [0.25, 0.3) is 0 Å². The number of nitrogens with two attached hydrogens (primary N) is 1. The van der Waals surface area contributed by atoms with Crippen molar-refractivity contribution in [3.63, 3.8) is 0 Å². The predicted molar refractivity (Wildman–Crippen MR) is 82.4 cm³/mol. The van der Waals surface area contributed by atoms with E-state index in [0.717, 1.165) is 5.69 Å². The highest BCUT2D eigenvalue weighted by Gasteiger charge is 2.12. The number of carbonyl (C=O) groups is 1. The quantitative estimate of drug-likeness (QED) is 0.853. The summed E-state index contributed by atoms with van der Waals surface area (Å²) in [6, 6.07) is 8.96. The molecule has 5 nitrogen and oxygen atoms in total. The Kier molecular flexibility index (Phi) is 4.10. The van der Waals surface area contributed by atoms with Crippen molar-refractivity contribution in [1.29, 1.82) is 0 Å². The third-order valence-electron chi connectivity index (χ3n) is 2.75. The van der Waals surface area contributed by atoms with Gasteiger partial charge >= 0.3 is 0 Å².